The topological polar surface area (TPSA) is 49.9 Å². The van der Waals surface area contributed by atoms with E-state index in [0.717, 1.165) is 31.8 Å². The summed E-state index contributed by atoms with van der Waals surface area (Å²) >= 11 is 0. The van der Waals surface area contributed by atoms with Gasteiger partial charge in [-0.2, -0.15) is 0 Å². The zero-order valence-electron chi connectivity index (χ0n) is 12.0. The highest BCUT2D eigenvalue weighted by atomic mass is 32.2. The molecular formula is C14H22N2O3S. The van der Waals surface area contributed by atoms with Gasteiger partial charge in [-0.05, 0) is 44.8 Å². The Labute approximate surface area is 122 Å². The molecule has 1 aliphatic heterocycles. The predicted octanol–water partition coefficient (Wildman–Crippen LogP) is 0.672. The maximum atomic E-state index is 10.7. The third kappa shape index (κ3) is 4.19. The standard InChI is InChI=1S/C14H22N2O3S/c1-15(2)12-10-16(11-12)8-3-9-19-13-4-6-14(7-5-13)20(17)18/h4-7,12,20H,3,8-11H2,1-2H3. The monoisotopic (exact) mass is 298 g/mol. The maximum absolute atomic E-state index is 10.7. The minimum atomic E-state index is -2.50. The van der Waals surface area contributed by atoms with Gasteiger partial charge in [0.25, 0.3) is 0 Å². The molecule has 5 nitrogen and oxygen atoms in total. The zero-order valence-corrected chi connectivity index (χ0v) is 12.9. The summed E-state index contributed by atoms with van der Waals surface area (Å²) < 4.78 is 27.1. The first kappa shape index (κ1) is 15.3. The second kappa shape index (κ2) is 7.06. The van der Waals surface area contributed by atoms with Crippen LogP contribution < -0.4 is 4.74 Å². The number of likely N-dealkylation sites (tertiary alicyclic amines) is 1. The Kier molecular flexibility index (Phi) is 5.39. The van der Waals surface area contributed by atoms with Gasteiger partial charge >= 0.3 is 0 Å². The molecular weight excluding hydrogens is 276 g/mol. The molecule has 1 aromatic carbocycles. The van der Waals surface area contributed by atoms with E-state index in [2.05, 4.69) is 23.9 Å². The van der Waals surface area contributed by atoms with E-state index in [1.165, 1.54) is 0 Å². The zero-order chi connectivity index (χ0) is 14.5. The van der Waals surface area contributed by atoms with Crippen molar-refractivity contribution >= 4 is 10.7 Å². The van der Waals surface area contributed by atoms with Crippen LogP contribution in [0.2, 0.25) is 0 Å². The fourth-order valence-electron chi connectivity index (χ4n) is 2.19. The SMILES string of the molecule is CN(C)C1CN(CCCOc2ccc([SH](=O)=O)cc2)C1. The molecule has 0 atom stereocenters. The molecule has 112 valence electrons. The molecule has 0 aromatic heterocycles. The molecule has 20 heavy (non-hydrogen) atoms. The van der Waals surface area contributed by atoms with Crippen molar-refractivity contribution in [3.05, 3.63) is 24.3 Å². The van der Waals surface area contributed by atoms with Crippen LogP contribution >= 0.6 is 0 Å². The molecule has 0 aliphatic carbocycles. The van der Waals surface area contributed by atoms with E-state index < -0.39 is 10.7 Å². The molecule has 0 bridgehead atoms. The number of likely N-dealkylation sites (N-methyl/N-ethyl adjacent to an activating group) is 1. The van der Waals surface area contributed by atoms with Gasteiger partial charge < -0.3 is 9.64 Å². The van der Waals surface area contributed by atoms with E-state index in [9.17, 15) is 8.42 Å². The molecule has 0 unspecified atom stereocenters. The van der Waals surface area contributed by atoms with E-state index >= 15 is 0 Å². The largest absolute Gasteiger partial charge is 0.494 e. The van der Waals surface area contributed by atoms with Gasteiger partial charge in [-0.25, -0.2) is 8.42 Å². The highest BCUT2D eigenvalue weighted by Crippen LogP contribution is 2.14. The fourth-order valence-corrected chi connectivity index (χ4v) is 2.59. The third-order valence-corrected chi connectivity index (χ3v) is 4.32. The minimum Gasteiger partial charge on any atom is -0.494 e. The molecule has 1 saturated heterocycles. The van der Waals surface area contributed by atoms with E-state index in [4.69, 9.17) is 4.74 Å². The summed E-state index contributed by atoms with van der Waals surface area (Å²) in [5.74, 6) is 0.723. The number of ether oxygens (including phenoxy) is 1. The number of hydrogen-bond acceptors (Lipinski definition) is 5. The van der Waals surface area contributed by atoms with Gasteiger partial charge in [0.2, 0.25) is 0 Å². The Balaban J connectivity index is 1.62. The van der Waals surface area contributed by atoms with Crippen molar-refractivity contribution in [1.29, 1.82) is 0 Å². The lowest BCUT2D eigenvalue weighted by atomic mass is 10.1. The van der Waals surface area contributed by atoms with Gasteiger partial charge in [-0.15, -0.1) is 0 Å². The number of nitrogens with zero attached hydrogens (tertiary/aromatic N) is 2. The molecule has 0 amide bonds. The van der Waals surface area contributed by atoms with E-state index in [1.807, 2.05) is 0 Å². The van der Waals surface area contributed by atoms with Gasteiger partial charge in [-0.1, -0.05) is 0 Å². The van der Waals surface area contributed by atoms with Crippen LogP contribution in [-0.4, -0.2) is 64.6 Å². The summed E-state index contributed by atoms with van der Waals surface area (Å²) in [5, 5.41) is 0. The normalized spacial score (nSPS) is 16.6. The van der Waals surface area contributed by atoms with Gasteiger partial charge in [-0.3, -0.25) is 4.90 Å². The van der Waals surface area contributed by atoms with Gasteiger partial charge in [0.05, 0.1) is 11.5 Å². The average Bonchev–Trinajstić information content (AvgIpc) is 2.36. The van der Waals surface area contributed by atoms with Crippen molar-refractivity contribution in [1.82, 2.24) is 9.80 Å². The Morgan fingerprint density at radius 1 is 1.25 bits per heavy atom. The average molecular weight is 298 g/mol. The maximum Gasteiger partial charge on any atom is 0.168 e. The second-order valence-corrected chi connectivity index (χ2v) is 6.36. The molecule has 1 heterocycles. The van der Waals surface area contributed by atoms with Crippen molar-refractivity contribution in [2.75, 3.05) is 40.3 Å². The fraction of sp³-hybridized carbons (Fsp3) is 0.571. The molecule has 6 heteroatoms. The summed E-state index contributed by atoms with van der Waals surface area (Å²) in [7, 11) is 1.73. The summed E-state index contributed by atoms with van der Waals surface area (Å²) in [4.78, 5) is 5.00. The van der Waals surface area contributed by atoms with Crippen molar-refractivity contribution in [2.45, 2.75) is 17.4 Å². The van der Waals surface area contributed by atoms with Crippen molar-refractivity contribution < 1.29 is 13.2 Å². The van der Waals surface area contributed by atoms with Gasteiger partial charge in [0.1, 0.15) is 5.75 Å². The van der Waals surface area contributed by atoms with Crippen molar-refractivity contribution in [2.24, 2.45) is 0 Å². The second-order valence-electron chi connectivity index (χ2n) is 5.33. The minimum absolute atomic E-state index is 0.322. The number of thiol groups is 1. The molecule has 1 aliphatic rings. The highest BCUT2D eigenvalue weighted by molar-refractivity contribution is 7.72. The lowest BCUT2D eigenvalue weighted by Gasteiger charge is -2.42. The van der Waals surface area contributed by atoms with Crippen LogP contribution in [0.15, 0.2) is 29.2 Å². The lowest BCUT2D eigenvalue weighted by Crippen LogP contribution is -2.57. The molecule has 1 fully saturated rings. The Morgan fingerprint density at radius 3 is 2.45 bits per heavy atom. The number of rotatable bonds is 7. The Bertz CT molecular complexity index is 486. The van der Waals surface area contributed by atoms with Crippen LogP contribution in [0, 0.1) is 0 Å². The molecule has 0 spiro atoms. The van der Waals surface area contributed by atoms with Crippen LogP contribution in [0.1, 0.15) is 6.42 Å². The highest BCUT2D eigenvalue weighted by Gasteiger charge is 2.27. The molecule has 2 rings (SSSR count). The lowest BCUT2D eigenvalue weighted by molar-refractivity contribution is 0.0595. The number of hydrogen-bond donors (Lipinski definition) is 1. The van der Waals surface area contributed by atoms with E-state index in [1.54, 1.807) is 24.3 Å². The van der Waals surface area contributed by atoms with Gasteiger partial charge in [0, 0.05) is 25.7 Å². The summed E-state index contributed by atoms with van der Waals surface area (Å²) in [6.45, 7) is 3.98. The molecule has 0 N–H and O–H groups in total. The van der Waals surface area contributed by atoms with Crippen molar-refractivity contribution in [3.8, 4) is 5.75 Å². The van der Waals surface area contributed by atoms with Crippen LogP contribution in [-0.2, 0) is 10.7 Å². The summed E-state index contributed by atoms with van der Waals surface area (Å²) in [6.07, 6.45) is 0.984. The molecule has 0 radical (unpaired) electrons. The first-order valence-corrected chi connectivity index (χ1v) is 8.00. The van der Waals surface area contributed by atoms with Gasteiger partial charge in [0.15, 0.2) is 10.7 Å². The smallest absolute Gasteiger partial charge is 0.168 e. The molecule has 0 saturated carbocycles. The van der Waals surface area contributed by atoms with E-state index in [-0.39, 0.29) is 0 Å². The Morgan fingerprint density at radius 2 is 1.90 bits per heavy atom. The van der Waals surface area contributed by atoms with Crippen LogP contribution in [0.25, 0.3) is 0 Å². The van der Waals surface area contributed by atoms with Crippen molar-refractivity contribution in [3.63, 3.8) is 0 Å². The quantitative estimate of drug-likeness (QED) is 0.592. The van der Waals surface area contributed by atoms with E-state index in [0.29, 0.717) is 17.5 Å². The summed E-state index contributed by atoms with van der Waals surface area (Å²) in [6, 6.07) is 7.23. The number of benzene rings is 1. The van der Waals surface area contributed by atoms with Crippen LogP contribution in [0.4, 0.5) is 0 Å². The molecule has 1 aromatic rings. The predicted molar refractivity (Wildman–Crippen MR) is 79.0 cm³/mol. The van der Waals surface area contributed by atoms with Crippen LogP contribution in [0.3, 0.4) is 0 Å². The third-order valence-electron chi connectivity index (χ3n) is 3.60. The Hall–Kier alpha value is -1.11. The van der Waals surface area contributed by atoms with Crippen LogP contribution in [0.5, 0.6) is 5.75 Å². The first-order chi connectivity index (χ1) is 9.56. The summed E-state index contributed by atoms with van der Waals surface area (Å²) in [5.41, 5.74) is 0. The first-order valence-electron chi connectivity index (χ1n) is 6.82.